The second kappa shape index (κ2) is 3.65. The predicted octanol–water partition coefficient (Wildman–Crippen LogP) is 4.46. The quantitative estimate of drug-likeness (QED) is 0.694. The molecule has 0 heterocycles. The van der Waals surface area contributed by atoms with Crippen LogP contribution in [0.4, 0.5) is 0 Å². The second-order valence-electron chi connectivity index (χ2n) is 10.0. The third-order valence-corrected chi connectivity index (χ3v) is 9.05. The van der Waals surface area contributed by atoms with Gasteiger partial charge in [0.2, 0.25) is 0 Å². The first kappa shape index (κ1) is 13.6. The highest BCUT2D eigenvalue weighted by Crippen LogP contribution is 2.78. The normalized spacial score (nSPS) is 63.3. The zero-order valence-corrected chi connectivity index (χ0v) is 14.1. The molecule has 0 radical (unpaired) electrons. The summed E-state index contributed by atoms with van der Waals surface area (Å²) in [5.74, 6) is 4.73. The SMILES string of the molecule is CC1CCC2C3C(CC12C)C1(C)CC(N)CC1C3(C)C. The first-order valence-electron chi connectivity index (χ1n) is 8.97. The molecule has 4 fully saturated rings. The Morgan fingerprint density at radius 1 is 0.900 bits per heavy atom. The van der Waals surface area contributed by atoms with Crippen molar-refractivity contribution < 1.29 is 0 Å². The van der Waals surface area contributed by atoms with Crippen LogP contribution in [0.25, 0.3) is 0 Å². The summed E-state index contributed by atoms with van der Waals surface area (Å²) >= 11 is 0. The molecule has 0 aromatic rings. The first-order chi connectivity index (χ1) is 9.21. The van der Waals surface area contributed by atoms with Crippen LogP contribution in [0.1, 0.15) is 66.7 Å². The average molecular weight is 275 g/mol. The van der Waals surface area contributed by atoms with Gasteiger partial charge >= 0.3 is 0 Å². The fraction of sp³-hybridized carbons (Fsp3) is 1.00. The minimum atomic E-state index is 0.468. The Morgan fingerprint density at radius 3 is 2.30 bits per heavy atom. The van der Waals surface area contributed by atoms with Crippen LogP contribution in [0, 0.1) is 45.8 Å². The maximum absolute atomic E-state index is 6.39. The van der Waals surface area contributed by atoms with Gasteiger partial charge in [0.1, 0.15) is 0 Å². The molecule has 4 saturated carbocycles. The van der Waals surface area contributed by atoms with Crippen molar-refractivity contribution in [3.8, 4) is 0 Å². The van der Waals surface area contributed by atoms with E-state index in [1.165, 1.54) is 32.1 Å². The van der Waals surface area contributed by atoms with Crippen LogP contribution in [-0.2, 0) is 0 Å². The summed E-state index contributed by atoms with van der Waals surface area (Å²) in [7, 11) is 0. The molecule has 4 aliphatic rings. The average Bonchev–Trinajstić information content (AvgIpc) is 2.94. The van der Waals surface area contributed by atoms with E-state index in [1.807, 2.05) is 0 Å². The molecule has 1 heteroatoms. The molecule has 0 aromatic heterocycles. The van der Waals surface area contributed by atoms with Gasteiger partial charge in [-0.2, -0.15) is 0 Å². The molecule has 4 aliphatic carbocycles. The van der Waals surface area contributed by atoms with Crippen LogP contribution in [-0.4, -0.2) is 6.04 Å². The van der Waals surface area contributed by atoms with Gasteiger partial charge in [-0.1, -0.05) is 34.6 Å². The lowest BCUT2D eigenvalue weighted by Crippen LogP contribution is -2.35. The molecular weight excluding hydrogens is 242 g/mol. The lowest BCUT2D eigenvalue weighted by molar-refractivity contribution is 0.0729. The Balaban J connectivity index is 1.79. The van der Waals surface area contributed by atoms with Gasteiger partial charge in [-0.3, -0.25) is 0 Å². The van der Waals surface area contributed by atoms with Crippen molar-refractivity contribution >= 4 is 0 Å². The third-order valence-electron chi connectivity index (χ3n) is 9.05. The Hall–Kier alpha value is -0.0400. The van der Waals surface area contributed by atoms with Crippen LogP contribution in [0.3, 0.4) is 0 Å². The van der Waals surface area contributed by atoms with Gasteiger partial charge in [-0.25, -0.2) is 0 Å². The van der Waals surface area contributed by atoms with Crippen molar-refractivity contribution in [2.45, 2.75) is 72.8 Å². The largest absolute Gasteiger partial charge is 0.328 e. The van der Waals surface area contributed by atoms with Crippen molar-refractivity contribution in [1.82, 2.24) is 0 Å². The summed E-state index contributed by atoms with van der Waals surface area (Å²) in [6, 6.07) is 0.468. The van der Waals surface area contributed by atoms with Gasteiger partial charge < -0.3 is 5.73 Å². The molecule has 0 saturated heterocycles. The van der Waals surface area contributed by atoms with Gasteiger partial charge in [0.15, 0.2) is 0 Å². The highest BCUT2D eigenvalue weighted by atomic mass is 14.8. The Bertz CT molecular complexity index is 441. The standard InChI is InChI=1S/C19H33N/c1-11-6-7-13-16-14(10-18(11,13)4)19(5)9-12(20)8-15(19)17(16,2)3/h11-16H,6-10,20H2,1-5H3. The zero-order chi connectivity index (χ0) is 14.5. The van der Waals surface area contributed by atoms with Crippen LogP contribution in [0.15, 0.2) is 0 Å². The molecular formula is C19H33N. The fourth-order valence-electron chi connectivity index (χ4n) is 8.12. The molecule has 8 atom stereocenters. The summed E-state index contributed by atoms with van der Waals surface area (Å²) in [5.41, 5.74) is 8.08. The van der Waals surface area contributed by atoms with Crippen LogP contribution >= 0.6 is 0 Å². The van der Waals surface area contributed by atoms with E-state index in [0.29, 0.717) is 22.3 Å². The van der Waals surface area contributed by atoms with Gasteiger partial charge in [-0.05, 0) is 77.9 Å². The zero-order valence-electron chi connectivity index (χ0n) is 14.1. The van der Waals surface area contributed by atoms with Gasteiger partial charge in [-0.15, -0.1) is 0 Å². The van der Waals surface area contributed by atoms with Crippen LogP contribution in [0.2, 0.25) is 0 Å². The first-order valence-corrected chi connectivity index (χ1v) is 8.97. The summed E-state index contributed by atoms with van der Waals surface area (Å²) < 4.78 is 0. The summed E-state index contributed by atoms with van der Waals surface area (Å²) in [4.78, 5) is 0. The molecule has 2 N–H and O–H groups in total. The van der Waals surface area contributed by atoms with Crippen molar-refractivity contribution in [3.05, 3.63) is 0 Å². The summed E-state index contributed by atoms with van der Waals surface area (Å²) in [5, 5.41) is 0. The maximum atomic E-state index is 6.39. The smallest absolute Gasteiger partial charge is 0.00472 e. The van der Waals surface area contributed by atoms with E-state index in [2.05, 4.69) is 34.6 Å². The van der Waals surface area contributed by atoms with Gasteiger partial charge in [0.25, 0.3) is 0 Å². The van der Waals surface area contributed by atoms with E-state index in [1.54, 1.807) is 0 Å². The van der Waals surface area contributed by atoms with Crippen molar-refractivity contribution in [1.29, 1.82) is 0 Å². The lowest BCUT2D eigenvalue weighted by atomic mass is 9.64. The second-order valence-corrected chi connectivity index (χ2v) is 10.0. The number of rotatable bonds is 0. The molecule has 0 bridgehead atoms. The summed E-state index contributed by atoms with van der Waals surface area (Å²) in [6.45, 7) is 12.9. The highest BCUT2D eigenvalue weighted by molar-refractivity contribution is 5.20. The molecule has 0 spiro atoms. The van der Waals surface area contributed by atoms with E-state index < -0.39 is 0 Å². The molecule has 8 unspecified atom stereocenters. The minimum absolute atomic E-state index is 0.468. The van der Waals surface area contributed by atoms with E-state index >= 15 is 0 Å². The van der Waals surface area contributed by atoms with E-state index in [4.69, 9.17) is 5.73 Å². The molecule has 20 heavy (non-hydrogen) atoms. The van der Waals surface area contributed by atoms with Crippen molar-refractivity contribution in [3.63, 3.8) is 0 Å². The van der Waals surface area contributed by atoms with E-state index in [0.717, 1.165) is 29.6 Å². The molecule has 0 aromatic carbocycles. The van der Waals surface area contributed by atoms with E-state index in [9.17, 15) is 0 Å². The Kier molecular flexibility index (Phi) is 2.48. The van der Waals surface area contributed by atoms with Crippen molar-refractivity contribution in [2.75, 3.05) is 0 Å². The lowest BCUT2D eigenvalue weighted by Gasteiger charge is -2.41. The fourth-order valence-corrected chi connectivity index (χ4v) is 8.12. The molecule has 114 valence electrons. The van der Waals surface area contributed by atoms with Gasteiger partial charge in [0.05, 0.1) is 0 Å². The molecule has 0 aliphatic heterocycles. The highest BCUT2D eigenvalue weighted by Gasteiger charge is 2.72. The molecule has 1 nitrogen and oxygen atoms in total. The third kappa shape index (κ3) is 1.30. The monoisotopic (exact) mass is 275 g/mol. The number of nitrogens with two attached hydrogens (primary N) is 1. The Morgan fingerprint density at radius 2 is 1.60 bits per heavy atom. The topological polar surface area (TPSA) is 26.0 Å². The van der Waals surface area contributed by atoms with Crippen LogP contribution in [0.5, 0.6) is 0 Å². The minimum Gasteiger partial charge on any atom is -0.328 e. The number of fused-ring (bicyclic) bond motifs is 5. The number of hydrogen-bond donors (Lipinski definition) is 1. The number of hydrogen-bond acceptors (Lipinski definition) is 1. The van der Waals surface area contributed by atoms with Gasteiger partial charge in [0, 0.05) is 6.04 Å². The molecule has 0 amide bonds. The van der Waals surface area contributed by atoms with Crippen molar-refractivity contribution in [2.24, 2.45) is 51.6 Å². The predicted molar refractivity (Wildman–Crippen MR) is 84.2 cm³/mol. The Labute approximate surface area is 125 Å². The molecule has 4 rings (SSSR count). The van der Waals surface area contributed by atoms with Crippen LogP contribution < -0.4 is 5.73 Å². The summed E-state index contributed by atoms with van der Waals surface area (Å²) in [6.07, 6.45) is 7.04. The van der Waals surface area contributed by atoms with E-state index in [-0.39, 0.29) is 0 Å². The maximum Gasteiger partial charge on any atom is 0.00472 e.